The Balaban J connectivity index is 0.000001000. The summed E-state index contributed by atoms with van der Waals surface area (Å²) < 4.78 is 0. The SMILES string of the molecule is Cc1nc(C)c([O-])nc1C.[Na+]. The summed E-state index contributed by atoms with van der Waals surface area (Å²) in [7, 11) is 0. The fourth-order valence-corrected chi connectivity index (χ4v) is 0.694. The average Bonchev–Trinajstić information content (AvgIpc) is 1.84. The van der Waals surface area contributed by atoms with Crippen molar-refractivity contribution in [1.29, 1.82) is 0 Å². The van der Waals surface area contributed by atoms with Gasteiger partial charge in [0.15, 0.2) is 0 Å². The zero-order valence-electron chi connectivity index (χ0n) is 7.30. The maximum atomic E-state index is 10.8. The smallest absolute Gasteiger partial charge is 0.857 e. The van der Waals surface area contributed by atoms with Crippen LogP contribution in [0.25, 0.3) is 0 Å². The first-order chi connectivity index (χ1) is 4.61. The molecule has 0 atom stereocenters. The van der Waals surface area contributed by atoms with Gasteiger partial charge in [-0.3, -0.25) is 9.97 Å². The molecule has 11 heavy (non-hydrogen) atoms. The molecule has 0 bridgehead atoms. The second-order valence-electron chi connectivity index (χ2n) is 2.28. The molecular formula is C7H9N2NaO. The van der Waals surface area contributed by atoms with Crippen LogP contribution in [0.15, 0.2) is 0 Å². The van der Waals surface area contributed by atoms with E-state index in [1.807, 2.05) is 6.92 Å². The second kappa shape index (κ2) is 4.04. The van der Waals surface area contributed by atoms with Gasteiger partial charge in [0.2, 0.25) is 0 Å². The van der Waals surface area contributed by atoms with E-state index in [-0.39, 0.29) is 35.4 Å². The van der Waals surface area contributed by atoms with Crippen LogP contribution in [0.1, 0.15) is 17.1 Å². The largest absolute Gasteiger partial charge is 1.00 e. The third-order valence-electron chi connectivity index (χ3n) is 1.44. The molecule has 54 valence electrons. The summed E-state index contributed by atoms with van der Waals surface area (Å²) in [6.07, 6.45) is 0. The van der Waals surface area contributed by atoms with Gasteiger partial charge in [-0.15, -0.1) is 0 Å². The molecule has 0 aliphatic rings. The Bertz CT molecular complexity index is 213. The van der Waals surface area contributed by atoms with Gasteiger partial charge in [-0.25, -0.2) is 0 Å². The fraction of sp³-hybridized carbons (Fsp3) is 0.429. The molecule has 0 radical (unpaired) electrons. The Morgan fingerprint density at radius 1 is 0.909 bits per heavy atom. The van der Waals surface area contributed by atoms with E-state index in [1.54, 1.807) is 13.8 Å². The number of hydrogen-bond donors (Lipinski definition) is 0. The summed E-state index contributed by atoms with van der Waals surface area (Å²) in [5.41, 5.74) is 2.02. The maximum absolute atomic E-state index is 10.8. The molecule has 0 saturated heterocycles. The van der Waals surface area contributed by atoms with Crippen molar-refractivity contribution in [2.45, 2.75) is 20.8 Å². The van der Waals surface area contributed by atoms with Gasteiger partial charge in [-0.2, -0.15) is 0 Å². The average molecular weight is 160 g/mol. The zero-order valence-corrected chi connectivity index (χ0v) is 9.30. The molecule has 0 aliphatic carbocycles. The number of aromatic nitrogens is 2. The molecule has 0 saturated carbocycles. The van der Waals surface area contributed by atoms with E-state index in [0.717, 1.165) is 11.4 Å². The molecule has 0 aromatic carbocycles. The Hall–Kier alpha value is -0.120. The van der Waals surface area contributed by atoms with Crippen LogP contribution in [-0.2, 0) is 0 Å². The number of aryl methyl sites for hydroxylation is 3. The van der Waals surface area contributed by atoms with Crippen molar-refractivity contribution in [3.8, 4) is 5.88 Å². The Morgan fingerprint density at radius 2 is 1.36 bits per heavy atom. The molecule has 0 aliphatic heterocycles. The predicted molar refractivity (Wildman–Crippen MR) is 35.7 cm³/mol. The van der Waals surface area contributed by atoms with Crippen LogP contribution in [-0.4, -0.2) is 9.97 Å². The van der Waals surface area contributed by atoms with Crippen molar-refractivity contribution in [1.82, 2.24) is 9.97 Å². The molecule has 1 aromatic heterocycles. The minimum absolute atomic E-state index is 0. The van der Waals surface area contributed by atoms with E-state index in [0.29, 0.717) is 5.69 Å². The molecule has 0 N–H and O–H groups in total. The van der Waals surface area contributed by atoms with Gasteiger partial charge in [-0.1, -0.05) is 0 Å². The van der Waals surface area contributed by atoms with E-state index in [4.69, 9.17) is 0 Å². The van der Waals surface area contributed by atoms with Crippen molar-refractivity contribution >= 4 is 0 Å². The van der Waals surface area contributed by atoms with Gasteiger partial charge in [0, 0.05) is 11.6 Å². The van der Waals surface area contributed by atoms with E-state index >= 15 is 0 Å². The summed E-state index contributed by atoms with van der Waals surface area (Å²) in [5, 5.41) is 10.8. The Kier molecular flexibility index (Phi) is 4.00. The van der Waals surface area contributed by atoms with Gasteiger partial charge < -0.3 is 5.11 Å². The fourth-order valence-electron chi connectivity index (χ4n) is 0.694. The van der Waals surface area contributed by atoms with Crippen molar-refractivity contribution in [2.75, 3.05) is 0 Å². The zero-order chi connectivity index (χ0) is 7.72. The number of nitrogens with zero attached hydrogens (tertiary/aromatic N) is 2. The van der Waals surface area contributed by atoms with E-state index in [9.17, 15) is 5.11 Å². The summed E-state index contributed by atoms with van der Waals surface area (Å²) >= 11 is 0. The standard InChI is InChI=1S/C7H10N2O.Na/c1-4-5(2)9-7(10)6(3)8-4;/h1-3H3,(H,9,10);/q;+1/p-1. The molecular weight excluding hydrogens is 151 g/mol. The van der Waals surface area contributed by atoms with Crippen LogP contribution in [0.5, 0.6) is 5.88 Å². The Morgan fingerprint density at radius 3 is 1.82 bits per heavy atom. The molecule has 0 spiro atoms. The van der Waals surface area contributed by atoms with Gasteiger partial charge >= 0.3 is 29.6 Å². The van der Waals surface area contributed by atoms with E-state index in [1.165, 1.54) is 0 Å². The topological polar surface area (TPSA) is 48.8 Å². The van der Waals surface area contributed by atoms with Crippen LogP contribution in [0, 0.1) is 20.8 Å². The van der Waals surface area contributed by atoms with Crippen molar-refractivity contribution in [3.05, 3.63) is 17.1 Å². The van der Waals surface area contributed by atoms with Crippen LogP contribution in [0.4, 0.5) is 0 Å². The normalized spacial score (nSPS) is 9.00. The summed E-state index contributed by atoms with van der Waals surface area (Å²) in [6.45, 7) is 5.29. The van der Waals surface area contributed by atoms with Crippen molar-refractivity contribution in [2.24, 2.45) is 0 Å². The van der Waals surface area contributed by atoms with E-state index in [2.05, 4.69) is 9.97 Å². The molecule has 4 heteroatoms. The molecule has 0 unspecified atom stereocenters. The Labute approximate surface area is 88.2 Å². The number of hydrogen-bond acceptors (Lipinski definition) is 3. The van der Waals surface area contributed by atoms with E-state index < -0.39 is 0 Å². The van der Waals surface area contributed by atoms with Crippen LogP contribution in [0.3, 0.4) is 0 Å². The third kappa shape index (κ3) is 2.43. The van der Waals surface area contributed by atoms with Crippen LogP contribution in [0.2, 0.25) is 0 Å². The third-order valence-corrected chi connectivity index (χ3v) is 1.44. The van der Waals surface area contributed by atoms with Crippen LogP contribution >= 0.6 is 0 Å². The van der Waals surface area contributed by atoms with Gasteiger partial charge in [0.05, 0.1) is 11.4 Å². The molecule has 1 rings (SSSR count). The molecule has 0 amide bonds. The quantitative estimate of drug-likeness (QED) is 0.393. The first kappa shape index (κ1) is 10.9. The predicted octanol–water partition coefficient (Wildman–Crippen LogP) is -2.52. The first-order valence-electron chi connectivity index (χ1n) is 3.10. The monoisotopic (exact) mass is 160 g/mol. The first-order valence-corrected chi connectivity index (χ1v) is 3.10. The molecule has 3 nitrogen and oxygen atoms in total. The summed E-state index contributed by atoms with van der Waals surface area (Å²) in [6, 6.07) is 0. The van der Waals surface area contributed by atoms with Crippen LogP contribution < -0.4 is 34.7 Å². The van der Waals surface area contributed by atoms with Crippen molar-refractivity contribution < 1.29 is 34.7 Å². The second-order valence-corrected chi connectivity index (χ2v) is 2.28. The van der Waals surface area contributed by atoms with Gasteiger partial charge in [0.1, 0.15) is 0 Å². The van der Waals surface area contributed by atoms with Gasteiger partial charge in [0.25, 0.3) is 0 Å². The molecule has 1 heterocycles. The minimum Gasteiger partial charge on any atom is -0.857 e. The number of rotatable bonds is 0. The molecule has 0 fully saturated rings. The minimum atomic E-state index is -0.219. The summed E-state index contributed by atoms with van der Waals surface area (Å²) in [4.78, 5) is 7.75. The molecule has 1 aromatic rings. The van der Waals surface area contributed by atoms with Crippen molar-refractivity contribution in [3.63, 3.8) is 0 Å². The van der Waals surface area contributed by atoms with Gasteiger partial charge in [-0.05, 0) is 20.8 Å². The maximum Gasteiger partial charge on any atom is 1.00 e. The summed E-state index contributed by atoms with van der Waals surface area (Å²) in [5.74, 6) is -0.219.